The molecule has 0 saturated carbocycles. The number of carbonyl (C=O) groups is 1. The van der Waals surface area contributed by atoms with Gasteiger partial charge in [-0.25, -0.2) is 0 Å². The van der Waals surface area contributed by atoms with Crippen molar-refractivity contribution in [2.24, 2.45) is 11.3 Å². The summed E-state index contributed by atoms with van der Waals surface area (Å²) in [5.41, 5.74) is 2.38. The highest BCUT2D eigenvalue weighted by atomic mass is 16.3. The summed E-state index contributed by atoms with van der Waals surface area (Å²) in [6.07, 6.45) is -0.294. The highest BCUT2D eigenvalue weighted by molar-refractivity contribution is 5.98. The van der Waals surface area contributed by atoms with Crippen molar-refractivity contribution in [3.63, 3.8) is 0 Å². The lowest BCUT2D eigenvalue weighted by molar-refractivity contribution is -0.120. The number of rotatable bonds is 2. The van der Waals surface area contributed by atoms with Gasteiger partial charge in [-0.15, -0.1) is 0 Å². The highest BCUT2D eigenvalue weighted by Gasteiger charge is 2.39. The summed E-state index contributed by atoms with van der Waals surface area (Å²) in [5.74, 6) is 0.385. The van der Waals surface area contributed by atoms with Crippen molar-refractivity contribution >= 4 is 5.78 Å². The smallest absolute Gasteiger partial charge is 0.162 e. The van der Waals surface area contributed by atoms with E-state index < -0.39 is 6.10 Å². The van der Waals surface area contributed by atoms with Crippen LogP contribution in [0.5, 0.6) is 0 Å². The third-order valence-corrected chi connectivity index (χ3v) is 4.55. The van der Waals surface area contributed by atoms with E-state index >= 15 is 0 Å². The molecule has 2 unspecified atom stereocenters. The minimum atomic E-state index is -0.799. The molecule has 0 spiro atoms. The second-order valence-electron chi connectivity index (χ2n) is 6.22. The summed E-state index contributed by atoms with van der Waals surface area (Å²) in [7, 11) is 0. The summed E-state index contributed by atoms with van der Waals surface area (Å²) >= 11 is 0. The van der Waals surface area contributed by atoms with Crippen LogP contribution in [-0.4, -0.2) is 10.9 Å². The number of ketones is 1. The molecule has 0 amide bonds. The molecule has 1 N–H and O–H groups in total. The van der Waals surface area contributed by atoms with E-state index in [4.69, 9.17) is 0 Å². The van der Waals surface area contributed by atoms with Crippen LogP contribution in [0.25, 0.3) is 0 Å². The van der Waals surface area contributed by atoms with Gasteiger partial charge in [0.1, 0.15) is 6.10 Å². The van der Waals surface area contributed by atoms with Gasteiger partial charge in [-0.3, -0.25) is 4.79 Å². The largest absolute Gasteiger partial charge is 0.384 e. The number of hydrogen-bond donors (Lipinski definition) is 1. The van der Waals surface area contributed by atoms with Crippen molar-refractivity contribution < 1.29 is 9.90 Å². The Morgan fingerprint density at radius 1 is 1.26 bits per heavy atom. The Morgan fingerprint density at radius 3 is 2.42 bits per heavy atom. The molecule has 19 heavy (non-hydrogen) atoms. The number of benzene rings is 1. The average molecular weight is 258 g/mol. The number of aliphatic hydroxyl groups excluding tert-OH is 1. The first-order valence-electron chi connectivity index (χ1n) is 6.81. The van der Waals surface area contributed by atoms with E-state index in [1.54, 1.807) is 0 Å². The molecule has 0 aliphatic heterocycles. The normalized spacial score (nSPS) is 24.5. The van der Waals surface area contributed by atoms with E-state index in [1.807, 2.05) is 37.3 Å². The van der Waals surface area contributed by atoms with E-state index in [0.717, 1.165) is 11.1 Å². The molecule has 102 valence electrons. The Kier molecular flexibility index (Phi) is 3.64. The van der Waals surface area contributed by atoms with Crippen molar-refractivity contribution in [2.45, 2.75) is 40.2 Å². The third-order valence-electron chi connectivity index (χ3n) is 4.55. The minimum absolute atomic E-state index is 0.0267. The lowest BCUT2D eigenvalue weighted by Gasteiger charge is -2.38. The fourth-order valence-corrected chi connectivity index (χ4v) is 2.87. The van der Waals surface area contributed by atoms with Gasteiger partial charge in [0.2, 0.25) is 0 Å². The Hall–Kier alpha value is -1.41. The number of aliphatic hydroxyl groups is 1. The monoisotopic (exact) mass is 258 g/mol. The maximum atomic E-state index is 12.4. The molecule has 0 aromatic heterocycles. The zero-order valence-corrected chi connectivity index (χ0v) is 12.1. The second kappa shape index (κ2) is 4.93. The second-order valence-corrected chi connectivity index (χ2v) is 6.22. The lowest BCUT2D eigenvalue weighted by atomic mass is 9.66. The number of hydrogen-bond acceptors (Lipinski definition) is 2. The molecule has 0 radical (unpaired) electrons. The molecule has 2 nitrogen and oxygen atoms in total. The molecule has 1 aliphatic rings. The van der Waals surface area contributed by atoms with Crippen LogP contribution >= 0.6 is 0 Å². The predicted octanol–water partition coefficient (Wildman–Crippen LogP) is 3.67. The van der Waals surface area contributed by atoms with Crippen molar-refractivity contribution in [1.82, 2.24) is 0 Å². The zero-order chi connectivity index (χ0) is 14.2. The molecular weight excluding hydrogens is 236 g/mol. The van der Waals surface area contributed by atoms with Crippen LogP contribution in [0.3, 0.4) is 0 Å². The van der Waals surface area contributed by atoms with Crippen LogP contribution in [0.1, 0.15) is 45.8 Å². The Morgan fingerprint density at radius 2 is 1.84 bits per heavy atom. The van der Waals surface area contributed by atoms with Gasteiger partial charge in [-0.05, 0) is 23.8 Å². The molecule has 0 fully saturated rings. The van der Waals surface area contributed by atoms with Gasteiger partial charge in [0, 0.05) is 12.0 Å². The van der Waals surface area contributed by atoms with Crippen LogP contribution in [0.2, 0.25) is 0 Å². The average Bonchev–Trinajstić information content (AvgIpc) is 2.36. The van der Waals surface area contributed by atoms with Gasteiger partial charge in [0.05, 0.1) is 0 Å². The predicted molar refractivity (Wildman–Crippen MR) is 76.7 cm³/mol. The number of allylic oxidation sites excluding steroid dienone is 1. The van der Waals surface area contributed by atoms with Crippen LogP contribution in [0, 0.1) is 11.3 Å². The van der Waals surface area contributed by atoms with E-state index in [2.05, 4.69) is 20.8 Å². The van der Waals surface area contributed by atoms with Gasteiger partial charge in [-0.2, -0.15) is 0 Å². The fraction of sp³-hybridized carbons (Fsp3) is 0.471. The van der Waals surface area contributed by atoms with Crippen molar-refractivity contribution in [3.8, 4) is 0 Å². The molecule has 2 atom stereocenters. The SMILES string of the molecule is CC1=C(C(O)c2ccccc2)C(=O)CC(C)(C)C1C. The van der Waals surface area contributed by atoms with Crippen LogP contribution in [0.4, 0.5) is 0 Å². The maximum absolute atomic E-state index is 12.4. The van der Waals surface area contributed by atoms with Gasteiger partial charge in [0.15, 0.2) is 5.78 Å². The van der Waals surface area contributed by atoms with E-state index in [-0.39, 0.29) is 11.2 Å². The van der Waals surface area contributed by atoms with Gasteiger partial charge >= 0.3 is 0 Å². The van der Waals surface area contributed by atoms with Crippen LogP contribution in [-0.2, 0) is 4.79 Å². The zero-order valence-electron chi connectivity index (χ0n) is 12.1. The number of Topliss-reactive ketones (excluding diaryl/α,β-unsaturated/α-hetero) is 1. The van der Waals surface area contributed by atoms with Gasteiger partial charge in [0.25, 0.3) is 0 Å². The highest BCUT2D eigenvalue weighted by Crippen LogP contribution is 2.44. The Bertz CT molecular complexity index is 511. The van der Waals surface area contributed by atoms with E-state index in [0.29, 0.717) is 17.9 Å². The molecule has 1 aromatic rings. The molecule has 0 saturated heterocycles. The van der Waals surface area contributed by atoms with E-state index in [1.165, 1.54) is 0 Å². The molecule has 1 aliphatic carbocycles. The van der Waals surface area contributed by atoms with Crippen LogP contribution in [0.15, 0.2) is 41.5 Å². The first-order valence-corrected chi connectivity index (χ1v) is 6.81. The summed E-state index contributed by atoms with van der Waals surface area (Å²) in [6, 6.07) is 9.40. The lowest BCUT2D eigenvalue weighted by Crippen LogP contribution is -2.34. The first-order chi connectivity index (χ1) is 8.84. The van der Waals surface area contributed by atoms with Gasteiger partial charge in [-0.1, -0.05) is 56.7 Å². The van der Waals surface area contributed by atoms with Crippen molar-refractivity contribution in [3.05, 3.63) is 47.0 Å². The Balaban J connectivity index is 2.44. The summed E-state index contributed by atoms with van der Waals surface area (Å²) < 4.78 is 0. The summed E-state index contributed by atoms with van der Waals surface area (Å²) in [5, 5.41) is 10.5. The molecule has 0 bridgehead atoms. The standard InChI is InChI=1S/C17H22O2/c1-11-12(2)17(3,4)10-14(18)15(11)16(19)13-8-6-5-7-9-13/h5-9,12,16,19H,10H2,1-4H3. The summed E-state index contributed by atoms with van der Waals surface area (Å²) in [6.45, 7) is 8.35. The first kappa shape index (κ1) is 14.0. The Labute approximate surface area is 115 Å². The maximum Gasteiger partial charge on any atom is 0.162 e. The van der Waals surface area contributed by atoms with Crippen molar-refractivity contribution in [1.29, 1.82) is 0 Å². The fourth-order valence-electron chi connectivity index (χ4n) is 2.87. The summed E-state index contributed by atoms with van der Waals surface area (Å²) in [4.78, 5) is 12.4. The number of carbonyl (C=O) groups excluding carboxylic acids is 1. The molecular formula is C17H22O2. The third kappa shape index (κ3) is 2.50. The van der Waals surface area contributed by atoms with Crippen molar-refractivity contribution in [2.75, 3.05) is 0 Å². The molecule has 2 heteroatoms. The molecule has 2 rings (SSSR count). The topological polar surface area (TPSA) is 37.3 Å². The van der Waals surface area contributed by atoms with E-state index in [9.17, 15) is 9.90 Å². The molecule has 1 aromatic carbocycles. The minimum Gasteiger partial charge on any atom is -0.384 e. The quantitative estimate of drug-likeness (QED) is 0.878. The van der Waals surface area contributed by atoms with Crippen LogP contribution < -0.4 is 0 Å². The van der Waals surface area contributed by atoms with Gasteiger partial charge < -0.3 is 5.11 Å². The molecule has 0 heterocycles.